The first-order valence-corrected chi connectivity index (χ1v) is 10.9. The van der Waals surface area contributed by atoms with E-state index in [-0.39, 0.29) is 18.4 Å². The Morgan fingerprint density at radius 3 is 2.59 bits per heavy atom. The molecule has 1 aromatic heterocycles. The summed E-state index contributed by atoms with van der Waals surface area (Å²) in [4.78, 5) is 24.5. The molecule has 1 heterocycles. The molecule has 0 aliphatic rings. The molecule has 2 aromatic rings. The number of ether oxygens (including phenoxy) is 1. The average molecular weight is 446 g/mol. The van der Waals surface area contributed by atoms with Crippen LogP contribution in [0.15, 0.2) is 30.3 Å². The molecular weight excluding hydrogens is 410 g/mol. The molecular formula is C22H35N7O3. The van der Waals surface area contributed by atoms with Gasteiger partial charge in [0.05, 0.1) is 18.8 Å². The maximum absolute atomic E-state index is 12.5. The Morgan fingerprint density at radius 2 is 1.94 bits per heavy atom. The van der Waals surface area contributed by atoms with E-state index in [0.717, 1.165) is 5.56 Å². The molecule has 0 fully saturated rings. The van der Waals surface area contributed by atoms with Crippen molar-refractivity contribution in [1.29, 1.82) is 0 Å². The fraction of sp³-hybridized carbons (Fsp3) is 0.591. The molecule has 2 amide bonds. The van der Waals surface area contributed by atoms with E-state index < -0.39 is 11.6 Å². The summed E-state index contributed by atoms with van der Waals surface area (Å²) >= 11 is 0. The topological polar surface area (TPSA) is 137 Å². The van der Waals surface area contributed by atoms with Gasteiger partial charge in [-0.25, -0.2) is 4.68 Å². The predicted octanol–water partition coefficient (Wildman–Crippen LogP) is 1.34. The number of aryl methyl sites for hydroxylation is 1. The van der Waals surface area contributed by atoms with Crippen LogP contribution in [0.5, 0.6) is 0 Å². The fourth-order valence-corrected chi connectivity index (χ4v) is 2.81. The fourth-order valence-electron chi connectivity index (χ4n) is 2.81. The van der Waals surface area contributed by atoms with E-state index in [1.165, 1.54) is 0 Å². The van der Waals surface area contributed by atoms with Gasteiger partial charge in [-0.15, -0.1) is 5.10 Å². The van der Waals surface area contributed by atoms with E-state index in [1.807, 2.05) is 44.2 Å². The summed E-state index contributed by atoms with van der Waals surface area (Å²) in [6.07, 6.45) is 0.930. The minimum atomic E-state index is -1.07. The Balaban J connectivity index is 2.00. The van der Waals surface area contributed by atoms with Gasteiger partial charge >= 0.3 is 0 Å². The lowest BCUT2D eigenvalue weighted by Crippen LogP contribution is -2.51. The number of benzene rings is 1. The standard InChI is InChI=1S/C22H35N7O3/c1-16(2)13-24-19(30)11-8-12-29-20(26-27-28-29)18(25-21(31)22(3,4)23)15-32-14-17-9-6-5-7-10-17/h5-7,9-10,16,18H,8,11-15,23H2,1-4H3,(H,24,30)(H,25,31)/t18-/m1/s1. The van der Waals surface area contributed by atoms with E-state index in [0.29, 0.717) is 44.3 Å². The minimum absolute atomic E-state index is 0.00532. The number of carbonyl (C=O) groups excluding carboxylic acids is 2. The highest BCUT2D eigenvalue weighted by molar-refractivity contribution is 5.85. The van der Waals surface area contributed by atoms with Crippen LogP contribution >= 0.6 is 0 Å². The molecule has 4 N–H and O–H groups in total. The molecule has 1 atom stereocenters. The summed E-state index contributed by atoms with van der Waals surface area (Å²) in [5.74, 6) is 0.512. The second-order valence-electron chi connectivity index (χ2n) is 8.81. The Hall–Kier alpha value is -2.85. The Morgan fingerprint density at radius 1 is 1.22 bits per heavy atom. The first-order valence-electron chi connectivity index (χ1n) is 10.9. The van der Waals surface area contributed by atoms with Crippen LogP contribution in [-0.2, 0) is 27.5 Å². The summed E-state index contributed by atoms with van der Waals surface area (Å²) in [6, 6.07) is 9.15. The lowest BCUT2D eigenvalue weighted by molar-refractivity contribution is -0.126. The number of nitrogens with one attached hydrogen (secondary N) is 2. The van der Waals surface area contributed by atoms with Crippen LogP contribution in [0.3, 0.4) is 0 Å². The van der Waals surface area contributed by atoms with Crippen molar-refractivity contribution >= 4 is 11.8 Å². The molecule has 10 nitrogen and oxygen atoms in total. The third-order valence-electron chi connectivity index (χ3n) is 4.64. The molecule has 176 valence electrons. The van der Waals surface area contributed by atoms with E-state index in [2.05, 4.69) is 26.2 Å². The molecule has 0 aliphatic heterocycles. The van der Waals surface area contributed by atoms with Gasteiger partial charge in [0.25, 0.3) is 0 Å². The molecule has 0 spiro atoms. The summed E-state index contributed by atoms with van der Waals surface area (Å²) in [6.45, 7) is 9.00. The smallest absolute Gasteiger partial charge is 0.240 e. The zero-order chi connectivity index (χ0) is 23.6. The zero-order valence-corrected chi connectivity index (χ0v) is 19.4. The molecule has 0 radical (unpaired) electrons. The van der Waals surface area contributed by atoms with Gasteiger partial charge in [-0.2, -0.15) is 0 Å². The van der Waals surface area contributed by atoms with E-state index >= 15 is 0 Å². The van der Waals surface area contributed by atoms with Gasteiger partial charge in [-0.1, -0.05) is 44.2 Å². The number of nitrogens with two attached hydrogens (primary N) is 1. The maximum atomic E-state index is 12.5. The first-order chi connectivity index (χ1) is 15.2. The van der Waals surface area contributed by atoms with E-state index in [9.17, 15) is 9.59 Å². The van der Waals surface area contributed by atoms with Crippen LogP contribution in [0.2, 0.25) is 0 Å². The third-order valence-corrected chi connectivity index (χ3v) is 4.64. The molecule has 0 saturated carbocycles. The lowest BCUT2D eigenvalue weighted by Gasteiger charge is -2.23. The first kappa shape index (κ1) is 25.4. The Labute approximate surface area is 189 Å². The van der Waals surface area contributed by atoms with Gasteiger partial charge in [0.2, 0.25) is 11.8 Å². The van der Waals surface area contributed by atoms with Crippen LogP contribution in [0, 0.1) is 5.92 Å². The average Bonchev–Trinajstić information content (AvgIpc) is 3.20. The predicted molar refractivity (Wildman–Crippen MR) is 120 cm³/mol. The normalized spacial score (nSPS) is 12.6. The number of amides is 2. The molecule has 0 aliphatic carbocycles. The lowest BCUT2D eigenvalue weighted by atomic mass is 10.1. The van der Waals surface area contributed by atoms with Gasteiger partial charge in [-0.05, 0) is 42.2 Å². The van der Waals surface area contributed by atoms with Gasteiger partial charge in [0.1, 0.15) is 6.04 Å². The Bertz CT molecular complexity index is 847. The van der Waals surface area contributed by atoms with Gasteiger partial charge < -0.3 is 21.1 Å². The number of rotatable bonds is 13. The molecule has 0 saturated heterocycles. The van der Waals surface area contributed by atoms with Crippen LogP contribution < -0.4 is 16.4 Å². The molecule has 32 heavy (non-hydrogen) atoms. The van der Waals surface area contributed by atoms with E-state index in [4.69, 9.17) is 10.5 Å². The van der Waals surface area contributed by atoms with Crippen LogP contribution in [0.4, 0.5) is 0 Å². The van der Waals surface area contributed by atoms with Crippen molar-refractivity contribution in [2.24, 2.45) is 11.7 Å². The number of hydrogen-bond donors (Lipinski definition) is 3. The van der Waals surface area contributed by atoms with Gasteiger partial charge in [0, 0.05) is 19.5 Å². The second kappa shape index (κ2) is 12.3. The van der Waals surface area contributed by atoms with Gasteiger partial charge in [-0.3, -0.25) is 9.59 Å². The van der Waals surface area contributed by atoms with Crippen molar-refractivity contribution in [1.82, 2.24) is 30.8 Å². The van der Waals surface area contributed by atoms with E-state index in [1.54, 1.807) is 18.5 Å². The van der Waals surface area contributed by atoms with Crippen molar-refractivity contribution in [3.63, 3.8) is 0 Å². The SMILES string of the molecule is CC(C)CNC(=O)CCCn1nnnc1[C@@H](COCc1ccccc1)NC(=O)C(C)(C)N. The molecule has 1 aromatic carbocycles. The van der Waals surface area contributed by atoms with Crippen molar-refractivity contribution in [2.75, 3.05) is 13.2 Å². The number of aromatic nitrogens is 4. The zero-order valence-electron chi connectivity index (χ0n) is 19.4. The molecule has 10 heteroatoms. The summed E-state index contributed by atoms with van der Waals surface area (Å²) in [7, 11) is 0. The molecule has 0 bridgehead atoms. The summed E-state index contributed by atoms with van der Waals surface area (Å²) in [5, 5.41) is 17.7. The van der Waals surface area contributed by atoms with Crippen molar-refractivity contribution in [3.8, 4) is 0 Å². The number of nitrogens with zero attached hydrogens (tertiary/aromatic N) is 4. The molecule has 2 rings (SSSR count). The van der Waals surface area contributed by atoms with Crippen molar-refractivity contribution in [2.45, 2.75) is 65.3 Å². The largest absolute Gasteiger partial charge is 0.374 e. The maximum Gasteiger partial charge on any atom is 0.240 e. The van der Waals surface area contributed by atoms with Crippen molar-refractivity contribution in [3.05, 3.63) is 41.7 Å². The highest BCUT2D eigenvalue weighted by atomic mass is 16.5. The summed E-state index contributed by atoms with van der Waals surface area (Å²) in [5.41, 5.74) is 5.90. The van der Waals surface area contributed by atoms with Crippen LogP contribution in [-0.4, -0.2) is 50.7 Å². The monoisotopic (exact) mass is 445 g/mol. The molecule has 0 unspecified atom stereocenters. The Kier molecular flexibility index (Phi) is 9.73. The second-order valence-corrected chi connectivity index (χ2v) is 8.81. The van der Waals surface area contributed by atoms with Gasteiger partial charge in [0.15, 0.2) is 5.82 Å². The van der Waals surface area contributed by atoms with Crippen LogP contribution in [0.25, 0.3) is 0 Å². The highest BCUT2D eigenvalue weighted by Crippen LogP contribution is 2.14. The number of carbonyl (C=O) groups is 2. The summed E-state index contributed by atoms with van der Waals surface area (Å²) < 4.78 is 7.44. The number of hydrogen-bond acceptors (Lipinski definition) is 7. The quantitative estimate of drug-likeness (QED) is 0.423. The third kappa shape index (κ3) is 8.72. The minimum Gasteiger partial charge on any atom is -0.374 e. The number of tetrazole rings is 1. The van der Waals surface area contributed by atoms with Crippen LogP contribution in [0.1, 0.15) is 58.0 Å². The highest BCUT2D eigenvalue weighted by Gasteiger charge is 2.28. The van der Waals surface area contributed by atoms with Crippen molar-refractivity contribution < 1.29 is 14.3 Å².